The normalized spacial score (nSPS) is 17.3. The second kappa shape index (κ2) is 4.75. The van der Waals surface area contributed by atoms with Gasteiger partial charge < -0.3 is 4.74 Å². The van der Waals surface area contributed by atoms with Crippen molar-refractivity contribution in [3.8, 4) is 0 Å². The van der Waals surface area contributed by atoms with Crippen LogP contribution in [0.4, 0.5) is 0 Å². The number of hydrogen-bond donors (Lipinski definition) is 0. The van der Waals surface area contributed by atoms with E-state index in [1.165, 1.54) is 0 Å². The van der Waals surface area contributed by atoms with Gasteiger partial charge in [0.1, 0.15) is 0 Å². The van der Waals surface area contributed by atoms with Crippen molar-refractivity contribution in [1.82, 2.24) is 0 Å². The molecule has 0 aliphatic heterocycles. The maximum absolute atomic E-state index is 11.8. The monoisotopic (exact) mass is 245 g/mol. The average molecular weight is 245 g/mol. The molecule has 0 amide bonds. The number of hydrogen-bond acceptors (Lipinski definition) is 2. The molecule has 1 atom stereocenters. The molecule has 0 spiro atoms. The molecule has 18 heavy (non-hydrogen) atoms. The number of carbonyl (C=O) groups is 1. The minimum Gasteiger partial charge on any atom is -0.462 e. The Labute approximate surface area is 109 Å². The summed E-state index contributed by atoms with van der Waals surface area (Å²) in [4.78, 5) is 11.8. The highest BCUT2D eigenvalue weighted by Gasteiger charge is 2.51. The van der Waals surface area contributed by atoms with Crippen molar-refractivity contribution in [3.05, 3.63) is 42.3 Å². The highest BCUT2D eigenvalue weighted by molar-refractivity contribution is 5.89. The second-order valence-corrected chi connectivity index (χ2v) is 6.07. The topological polar surface area (TPSA) is 26.3 Å². The van der Waals surface area contributed by atoms with E-state index in [2.05, 4.69) is 27.2 Å². The Morgan fingerprint density at radius 1 is 1.28 bits per heavy atom. The van der Waals surface area contributed by atoms with Gasteiger partial charge in [0.05, 0.1) is 12.2 Å². The average Bonchev–Trinajstić information content (AvgIpc) is 3.10. The van der Waals surface area contributed by atoms with E-state index in [1.807, 2.05) is 18.2 Å². The maximum Gasteiger partial charge on any atom is 0.338 e. The summed E-state index contributed by atoms with van der Waals surface area (Å²) in [7, 11) is 0. The van der Waals surface area contributed by atoms with Crippen LogP contribution in [0, 0.1) is 17.3 Å². The molecule has 2 heteroatoms. The molecule has 2 nitrogen and oxygen atoms in total. The summed E-state index contributed by atoms with van der Waals surface area (Å²) in [5.41, 5.74) is 1.15. The zero-order valence-corrected chi connectivity index (χ0v) is 11.4. The molecule has 1 aliphatic carbocycles. The lowest BCUT2D eigenvalue weighted by Crippen LogP contribution is -2.24. The van der Waals surface area contributed by atoms with Gasteiger partial charge in [0.25, 0.3) is 0 Å². The van der Waals surface area contributed by atoms with E-state index in [0.29, 0.717) is 12.2 Å². The first-order chi connectivity index (χ1) is 8.45. The van der Waals surface area contributed by atoms with Gasteiger partial charge >= 0.3 is 5.97 Å². The molecule has 0 aromatic heterocycles. The number of carbonyl (C=O) groups excluding carboxylic acids is 1. The zero-order valence-electron chi connectivity index (χ0n) is 11.4. The predicted octanol–water partition coefficient (Wildman–Crippen LogP) is 3.87. The lowest BCUT2D eigenvalue weighted by molar-refractivity contribution is 0.0441. The molecule has 2 rings (SSSR count). The van der Waals surface area contributed by atoms with Crippen LogP contribution in [0.15, 0.2) is 30.3 Å². The summed E-state index contributed by atoms with van der Waals surface area (Å²) in [6.45, 7) is 7.24. The van der Waals surface area contributed by atoms with E-state index in [9.17, 15) is 4.79 Å². The smallest absolute Gasteiger partial charge is 0.338 e. The van der Waals surface area contributed by atoms with Crippen molar-refractivity contribution in [2.24, 2.45) is 10.8 Å². The van der Waals surface area contributed by atoms with E-state index in [0.717, 1.165) is 12.8 Å². The van der Waals surface area contributed by atoms with Crippen molar-refractivity contribution in [2.45, 2.75) is 33.6 Å². The first-order valence-corrected chi connectivity index (χ1v) is 6.51. The molecule has 1 fully saturated rings. The van der Waals surface area contributed by atoms with E-state index < -0.39 is 0 Å². The van der Waals surface area contributed by atoms with Crippen LogP contribution in [0.2, 0.25) is 0 Å². The number of rotatable bonds is 4. The lowest BCUT2D eigenvalue weighted by Gasteiger charge is -2.30. The third-order valence-electron chi connectivity index (χ3n) is 3.98. The highest BCUT2D eigenvalue weighted by Crippen LogP contribution is 2.59. The molecule has 0 bridgehead atoms. The quantitative estimate of drug-likeness (QED) is 0.753. The molecule has 0 saturated heterocycles. The Morgan fingerprint density at radius 2 is 1.89 bits per heavy atom. The molecule has 1 aromatic rings. The van der Waals surface area contributed by atoms with Crippen LogP contribution in [-0.2, 0) is 4.74 Å². The molecular weight excluding hydrogens is 224 g/mol. The summed E-state index contributed by atoms with van der Waals surface area (Å²) in [6.07, 6.45) is 4.40. The molecule has 1 radical (unpaired) electrons. The van der Waals surface area contributed by atoms with Crippen LogP contribution in [0.5, 0.6) is 0 Å². The molecule has 1 unspecified atom stereocenters. The summed E-state index contributed by atoms with van der Waals surface area (Å²) in [6, 6.07) is 9.16. The highest BCUT2D eigenvalue weighted by atomic mass is 16.5. The maximum atomic E-state index is 11.8. The number of esters is 1. The SMILES string of the molecule is CC(C)(C)C1(CCOC(=O)c2ccccc2)[CH]C1. The van der Waals surface area contributed by atoms with Gasteiger partial charge in [0, 0.05) is 0 Å². The first-order valence-electron chi connectivity index (χ1n) is 6.51. The van der Waals surface area contributed by atoms with Crippen molar-refractivity contribution in [3.63, 3.8) is 0 Å². The minimum absolute atomic E-state index is 0.222. The summed E-state index contributed by atoms with van der Waals surface area (Å²) in [5.74, 6) is -0.222. The Bertz CT molecular complexity index is 410. The van der Waals surface area contributed by atoms with Gasteiger partial charge in [0.15, 0.2) is 0 Å². The van der Waals surface area contributed by atoms with Crippen molar-refractivity contribution < 1.29 is 9.53 Å². The van der Waals surface area contributed by atoms with E-state index in [1.54, 1.807) is 12.1 Å². The molecule has 97 valence electrons. The molecular formula is C16H21O2. The largest absolute Gasteiger partial charge is 0.462 e. The van der Waals surface area contributed by atoms with E-state index in [4.69, 9.17) is 4.74 Å². The Hall–Kier alpha value is -1.31. The van der Waals surface area contributed by atoms with Gasteiger partial charge in [-0.15, -0.1) is 0 Å². The fraction of sp³-hybridized carbons (Fsp3) is 0.500. The fourth-order valence-electron chi connectivity index (χ4n) is 2.30. The van der Waals surface area contributed by atoms with Crippen LogP contribution in [0.3, 0.4) is 0 Å². The van der Waals surface area contributed by atoms with E-state index >= 15 is 0 Å². The lowest BCUT2D eigenvalue weighted by atomic mass is 9.76. The van der Waals surface area contributed by atoms with Crippen molar-refractivity contribution in [2.75, 3.05) is 6.61 Å². The van der Waals surface area contributed by atoms with Gasteiger partial charge in [-0.25, -0.2) is 4.79 Å². The summed E-state index contributed by atoms with van der Waals surface area (Å²) in [5, 5.41) is 0. The van der Waals surface area contributed by atoms with Crippen LogP contribution in [0.1, 0.15) is 44.0 Å². The third kappa shape index (κ3) is 2.74. The summed E-state index contributed by atoms with van der Waals surface area (Å²) >= 11 is 0. The Balaban J connectivity index is 1.82. The third-order valence-corrected chi connectivity index (χ3v) is 3.98. The zero-order chi connectivity index (χ0) is 13.2. The van der Waals surface area contributed by atoms with Crippen molar-refractivity contribution in [1.29, 1.82) is 0 Å². The molecule has 0 heterocycles. The fourth-order valence-corrected chi connectivity index (χ4v) is 2.30. The second-order valence-electron chi connectivity index (χ2n) is 6.07. The minimum atomic E-state index is -0.222. The molecule has 1 aliphatic rings. The van der Waals surface area contributed by atoms with Crippen LogP contribution < -0.4 is 0 Å². The number of ether oxygens (including phenoxy) is 1. The van der Waals surface area contributed by atoms with Gasteiger partial charge in [-0.05, 0) is 42.2 Å². The van der Waals surface area contributed by atoms with Crippen molar-refractivity contribution >= 4 is 5.97 Å². The first kappa shape index (κ1) is 13.1. The van der Waals surface area contributed by atoms with Gasteiger partial charge in [-0.3, -0.25) is 0 Å². The number of benzene rings is 1. The van der Waals surface area contributed by atoms with Crippen LogP contribution >= 0.6 is 0 Å². The molecule has 0 N–H and O–H groups in total. The predicted molar refractivity (Wildman–Crippen MR) is 72.1 cm³/mol. The Kier molecular flexibility index (Phi) is 3.47. The summed E-state index contributed by atoms with van der Waals surface area (Å²) < 4.78 is 5.34. The van der Waals surface area contributed by atoms with Gasteiger partial charge in [-0.1, -0.05) is 39.0 Å². The molecule has 1 aromatic carbocycles. The van der Waals surface area contributed by atoms with E-state index in [-0.39, 0.29) is 16.8 Å². The van der Waals surface area contributed by atoms with Crippen LogP contribution in [-0.4, -0.2) is 12.6 Å². The Morgan fingerprint density at radius 3 is 2.39 bits per heavy atom. The van der Waals surface area contributed by atoms with Crippen LogP contribution in [0.25, 0.3) is 0 Å². The standard InChI is InChI=1S/C16H21O2/c1-15(2,3)16(9-10-16)11-12-18-14(17)13-7-5-4-6-8-13/h4-9H,10-12H2,1-3H3. The van der Waals surface area contributed by atoms with Gasteiger partial charge in [0.2, 0.25) is 0 Å². The van der Waals surface area contributed by atoms with Gasteiger partial charge in [-0.2, -0.15) is 0 Å². The molecule has 1 saturated carbocycles.